The number of primary amides is 1. The molecule has 0 aliphatic carbocycles. The van der Waals surface area contributed by atoms with Gasteiger partial charge < -0.3 is 20.5 Å². The first-order chi connectivity index (χ1) is 12.6. The van der Waals surface area contributed by atoms with E-state index in [9.17, 15) is 4.79 Å². The summed E-state index contributed by atoms with van der Waals surface area (Å²) in [5.74, 6) is 1.32. The average Bonchev–Trinajstić information content (AvgIpc) is 3.11. The van der Waals surface area contributed by atoms with E-state index in [2.05, 4.69) is 10.4 Å². The van der Waals surface area contributed by atoms with Crippen molar-refractivity contribution in [2.45, 2.75) is 6.54 Å². The molecular formula is C19H20N4O3. The first kappa shape index (κ1) is 17.3. The third kappa shape index (κ3) is 3.77. The van der Waals surface area contributed by atoms with Crippen LogP contribution in [0.2, 0.25) is 0 Å². The van der Waals surface area contributed by atoms with Crippen LogP contribution in [-0.2, 0) is 6.54 Å². The molecule has 0 aliphatic heterocycles. The zero-order chi connectivity index (χ0) is 18.5. The Morgan fingerprint density at radius 3 is 2.35 bits per heavy atom. The molecule has 0 unspecified atom stereocenters. The van der Waals surface area contributed by atoms with Gasteiger partial charge in [0, 0.05) is 12.7 Å². The van der Waals surface area contributed by atoms with E-state index in [0.29, 0.717) is 12.4 Å². The highest BCUT2D eigenvalue weighted by atomic mass is 16.5. The number of ether oxygens (including phenoxy) is 2. The normalized spacial score (nSPS) is 10.4. The lowest BCUT2D eigenvalue weighted by molar-refractivity contribution is 0.248. The molecule has 0 aliphatic rings. The summed E-state index contributed by atoms with van der Waals surface area (Å²) in [7, 11) is 3.22. The molecule has 0 radical (unpaired) electrons. The molecule has 1 aromatic heterocycles. The summed E-state index contributed by atoms with van der Waals surface area (Å²) in [6.45, 7) is 0.387. The molecule has 134 valence electrons. The molecule has 3 N–H and O–H groups in total. The molecule has 0 fully saturated rings. The van der Waals surface area contributed by atoms with E-state index < -0.39 is 6.03 Å². The van der Waals surface area contributed by atoms with E-state index >= 15 is 0 Å². The van der Waals surface area contributed by atoms with Crippen molar-refractivity contribution in [1.29, 1.82) is 0 Å². The average molecular weight is 352 g/mol. The fourth-order valence-corrected chi connectivity index (χ4v) is 2.57. The number of urea groups is 1. The van der Waals surface area contributed by atoms with Crippen molar-refractivity contribution in [3.63, 3.8) is 0 Å². The maximum absolute atomic E-state index is 10.8. The number of nitrogens with zero attached hydrogens (tertiary/aromatic N) is 2. The largest absolute Gasteiger partial charge is 0.497 e. The van der Waals surface area contributed by atoms with Gasteiger partial charge in [-0.1, -0.05) is 24.3 Å². The molecule has 2 aromatic carbocycles. The molecule has 3 aromatic rings. The van der Waals surface area contributed by atoms with Crippen LogP contribution in [-0.4, -0.2) is 30.0 Å². The van der Waals surface area contributed by atoms with Gasteiger partial charge in [-0.25, -0.2) is 9.48 Å². The van der Waals surface area contributed by atoms with E-state index in [1.54, 1.807) is 18.9 Å². The predicted octanol–water partition coefficient (Wildman–Crippen LogP) is 2.72. The highest BCUT2D eigenvalue weighted by molar-refractivity contribution is 5.72. The van der Waals surface area contributed by atoms with Crippen molar-refractivity contribution < 1.29 is 14.3 Å². The quantitative estimate of drug-likeness (QED) is 0.713. The molecule has 0 bridgehead atoms. The van der Waals surface area contributed by atoms with E-state index in [0.717, 1.165) is 28.1 Å². The molecule has 2 amide bonds. The number of benzene rings is 2. The number of hydrogen-bond acceptors (Lipinski definition) is 4. The smallest absolute Gasteiger partial charge is 0.312 e. The van der Waals surface area contributed by atoms with Crippen LogP contribution in [0.1, 0.15) is 5.56 Å². The minimum Gasteiger partial charge on any atom is -0.497 e. The Bertz CT molecular complexity index is 886. The Morgan fingerprint density at radius 1 is 1.08 bits per heavy atom. The van der Waals surface area contributed by atoms with Gasteiger partial charge in [0.15, 0.2) is 0 Å². The van der Waals surface area contributed by atoms with Gasteiger partial charge in [-0.3, -0.25) is 0 Å². The van der Waals surface area contributed by atoms with Crippen molar-refractivity contribution in [3.05, 3.63) is 60.3 Å². The van der Waals surface area contributed by atoms with Gasteiger partial charge >= 0.3 is 6.03 Å². The summed E-state index contributed by atoms with van der Waals surface area (Å²) in [5.41, 5.74) is 8.78. The standard InChI is InChI=1S/C19H20N4O3/c1-25-16-9-7-15(8-10-16)23-12-17(18(22-23)26-2)14-5-3-13(4-6-14)11-21-19(20)24/h3-10,12H,11H2,1-2H3,(H3,20,21,24). The Balaban J connectivity index is 1.87. The number of methoxy groups -OCH3 is 2. The van der Waals surface area contributed by atoms with Gasteiger partial charge in [-0.05, 0) is 35.4 Å². The second kappa shape index (κ2) is 7.60. The number of carbonyl (C=O) groups excluding carboxylic acids is 1. The lowest BCUT2D eigenvalue weighted by Crippen LogP contribution is -2.28. The molecule has 3 rings (SSSR count). The van der Waals surface area contributed by atoms with Crippen LogP contribution in [0.25, 0.3) is 16.8 Å². The third-order valence-corrected chi connectivity index (χ3v) is 3.94. The predicted molar refractivity (Wildman–Crippen MR) is 98.5 cm³/mol. The van der Waals surface area contributed by atoms with E-state index in [4.69, 9.17) is 15.2 Å². The lowest BCUT2D eigenvalue weighted by atomic mass is 10.1. The molecule has 1 heterocycles. The summed E-state index contributed by atoms with van der Waals surface area (Å²) in [4.78, 5) is 10.8. The topological polar surface area (TPSA) is 91.4 Å². The summed E-state index contributed by atoms with van der Waals surface area (Å²) in [5, 5.41) is 7.06. The van der Waals surface area contributed by atoms with Gasteiger partial charge in [0.2, 0.25) is 5.88 Å². The second-order valence-electron chi connectivity index (χ2n) is 5.61. The SMILES string of the molecule is COc1ccc(-n2cc(-c3ccc(CNC(N)=O)cc3)c(OC)n2)cc1. The molecule has 0 saturated carbocycles. The molecule has 0 spiro atoms. The van der Waals surface area contributed by atoms with E-state index in [1.165, 1.54) is 0 Å². The summed E-state index contributed by atoms with van der Waals surface area (Å²) >= 11 is 0. The van der Waals surface area contributed by atoms with Gasteiger partial charge in [0.05, 0.1) is 25.5 Å². The van der Waals surface area contributed by atoms with E-state index in [-0.39, 0.29) is 0 Å². The van der Waals surface area contributed by atoms with E-state index in [1.807, 2.05) is 54.7 Å². The van der Waals surface area contributed by atoms with Gasteiger partial charge in [0.1, 0.15) is 5.75 Å². The Morgan fingerprint density at radius 2 is 1.77 bits per heavy atom. The van der Waals surface area contributed by atoms with Crippen molar-refractivity contribution in [2.24, 2.45) is 5.73 Å². The molecular weight excluding hydrogens is 332 g/mol. The molecule has 0 atom stereocenters. The third-order valence-electron chi connectivity index (χ3n) is 3.94. The Hall–Kier alpha value is -3.48. The zero-order valence-corrected chi connectivity index (χ0v) is 14.6. The summed E-state index contributed by atoms with van der Waals surface area (Å²) < 4.78 is 12.4. The minimum absolute atomic E-state index is 0.387. The monoisotopic (exact) mass is 352 g/mol. The fourth-order valence-electron chi connectivity index (χ4n) is 2.57. The summed E-state index contributed by atoms with van der Waals surface area (Å²) in [6, 6.07) is 14.8. The number of rotatable bonds is 6. The number of nitrogens with one attached hydrogen (secondary N) is 1. The number of nitrogens with two attached hydrogens (primary N) is 1. The number of carbonyl (C=O) groups is 1. The van der Waals surface area contributed by atoms with Crippen molar-refractivity contribution in [1.82, 2.24) is 15.1 Å². The van der Waals surface area contributed by atoms with Crippen molar-refractivity contribution in [3.8, 4) is 28.4 Å². The fraction of sp³-hybridized carbons (Fsp3) is 0.158. The summed E-state index contributed by atoms with van der Waals surface area (Å²) in [6.07, 6.45) is 1.91. The minimum atomic E-state index is -0.545. The maximum Gasteiger partial charge on any atom is 0.312 e. The first-order valence-corrected chi connectivity index (χ1v) is 8.01. The maximum atomic E-state index is 10.8. The van der Waals surface area contributed by atoms with Gasteiger partial charge in [-0.15, -0.1) is 5.10 Å². The van der Waals surface area contributed by atoms with Gasteiger partial charge in [-0.2, -0.15) is 0 Å². The number of hydrogen-bond donors (Lipinski definition) is 2. The molecule has 7 heteroatoms. The van der Waals surface area contributed by atoms with Crippen LogP contribution in [0, 0.1) is 0 Å². The van der Waals surface area contributed by atoms with Crippen LogP contribution in [0.3, 0.4) is 0 Å². The Labute approximate surface area is 151 Å². The second-order valence-corrected chi connectivity index (χ2v) is 5.61. The van der Waals surface area contributed by atoms with Crippen molar-refractivity contribution >= 4 is 6.03 Å². The van der Waals surface area contributed by atoms with Crippen LogP contribution in [0.5, 0.6) is 11.6 Å². The number of aromatic nitrogens is 2. The van der Waals surface area contributed by atoms with Crippen LogP contribution in [0.15, 0.2) is 54.7 Å². The van der Waals surface area contributed by atoms with Crippen molar-refractivity contribution in [2.75, 3.05) is 14.2 Å². The van der Waals surface area contributed by atoms with Gasteiger partial charge in [0.25, 0.3) is 0 Å². The highest BCUT2D eigenvalue weighted by Gasteiger charge is 2.13. The lowest BCUT2D eigenvalue weighted by Gasteiger charge is -2.04. The molecule has 0 saturated heterocycles. The zero-order valence-electron chi connectivity index (χ0n) is 14.6. The van der Waals surface area contributed by atoms with Crippen LogP contribution in [0.4, 0.5) is 4.79 Å². The van der Waals surface area contributed by atoms with Crippen LogP contribution < -0.4 is 20.5 Å². The number of amides is 2. The highest BCUT2D eigenvalue weighted by Crippen LogP contribution is 2.30. The Kier molecular flexibility index (Phi) is 5.07. The molecule has 7 nitrogen and oxygen atoms in total. The first-order valence-electron chi connectivity index (χ1n) is 8.01. The molecule has 26 heavy (non-hydrogen) atoms. The van der Waals surface area contributed by atoms with Crippen LogP contribution >= 0.6 is 0 Å².